The number of carboxylic acids is 1. The van der Waals surface area contributed by atoms with Crippen molar-refractivity contribution in [1.29, 1.82) is 0 Å². The number of sulfonamides is 1. The molecule has 2 N–H and O–H groups in total. The van der Waals surface area contributed by atoms with Gasteiger partial charge in [-0.2, -0.15) is 0 Å². The number of aromatic carboxylic acids is 1. The molecule has 3 rings (SSSR count). The van der Waals surface area contributed by atoms with E-state index in [1.54, 1.807) is 0 Å². The molecule has 0 heterocycles. The largest absolute Gasteiger partial charge is 0.478 e. The molecule has 0 aliphatic heterocycles. The first-order valence-electron chi connectivity index (χ1n) is 7.30. The SMILES string of the molecule is O=C(O)c1ccc(S(=O)(=O)NCC(C2CC2)C2CC2)cc1. The topological polar surface area (TPSA) is 83.5 Å². The first kappa shape index (κ1) is 14.5. The summed E-state index contributed by atoms with van der Waals surface area (Å²) in [5.74, 6) is 0.789. The molecule has 21 heavy (non-hydrogen) atoms. The predicted octanol–water partition coefficient (Wildman–Crippen LogP) is 2.10. The third kappa shape index (κ3) is 3.44. The van der Waals surface area contributed by atoms with E-state index in [4.69, 9.17) is 5.11 Å². The summed E-state index contributed by atoms with van der Waals surface area (Å²) in [7, 11) is -3.55. The summed E-state index contributed by atoms with van der Waals surface area (Å²) in [5, 5.41) is 8.83. The van der Waals surface area contributed by atoms with Gasteiger partial charge in [-0.15, -0.1) is 0 Å². The quantitative estimate of drug-likeness (QED) is 0.808. The molecule has 2 saturated carbocycles. The van der Waals surface area contributed by atoms with Crippen LogP contribution in [0.1, 0.15) is 36.0 Å². The maximum absolute atomic E-state index is 12.2. The smallest absolute Gasteiger partial charge is 0.335 e. The fraction of sp³-hybridized carbons (Fsp3) is 0.533. The lowest BCUT2D eigenvalue weighted by atomic mass is 9.99. The van der Waals surface area contributed by atoms with Crippen molar-refractivity contribution in [2.45, 2.75) is 30.6 Å². The molecule has 6 heteroatoms. The molecule has 0 atom stereocenters. The Balaban J connectivity index is 1.66. The minimum atomic E-state index is -3.55. The van der Waals surface area contributed by atoms with Gasteiger partial charge in [0.25, 0.3) is 0 Å². The third-order valence-electron chi connectivity index (χ3n) is 4.38. The average Bonchev–Trinajstić information content (AvgIpc) is 3.32. The molecular formula is C15H19NO4S. The molecule has 0 radical (unpaired) electrons. The minimum Gasteiger partial charge on any atom is -0.478 e. The maximum Gasteiger partial charge on any atom is 0.335 e. The Bertz CT molecular complexity index is 618. The predicted molar refractivity (Wildman–Crippen MR) is 77.5 cm³/mol. The highest BCUT2D eigenvalue weighted by atomic mass is 32.2. The van der Waals surface area contributed by atoms with Crippen molar-refractivity contribution < 1.29 is 18.3 Å². The molecular weight excluding hydrogens is 290 g/mol. The highest BCUT2D eigenvalue weighted by molar-refractivity contribution is 7.89. The van der Waals surface area contributed by atoms with Gasteiger partial charge in [0.2, 0.25) is 10.0 Å². The second-order valence-electron chi connectivity index (χ2n) is 6.02. The van der Waals surface area contributed by atoms with Gasteiger partial charge in [0.05, 0.1) is 10.5 Å². The van der Waals surface area contributed by atoms with Gasteiger partial charge in [0.15, 0.2) is 0 Å². The van der Waals surface area contributed by atoms with Crippen LogP contribution in [0.25, 0.3) is 0 Å². The molecule has 0 amide bonds. The Morgan fingerprint density at radius 1 is 1.14 bits per heavy atom. The number of nitrogens with one attached hydrogen (secondary N) is 1. The fourth-order valence-electron chi connectivity index (χ4n) is 2.83. The first-order valence-corrected chi connectivity index (χ1v) is 8.79. The van der Waals surface area contributed by atoms with Crippen molar-refractivity contribution in [3.8, 4) is 0 Å². The zero-order valence-corrected chi connectivity index (χ0v) is 12.5. The van der Waals surface area contributed by atoms with E-state index < -0.39 is 16.0 Å². The van der Waals surface area contributed by atoms with E-state index in [9.17, 15) is 13.2 Å². The number of benzene rings is 1. The zero-order valence-electron chi connectivity index (χ0n) is 11.7. The maximum atomic E-state index is 12.2. The van der Waals surface area contributed by atoms with Crippen molar-refractivity contribution in [2.75, 3.05) is 6.54 Å². The Labute approximate surface area is 124 Å². The van der Waals surface area contributed by atoms with Crippen LogP contribution in [-0.2, 0) is 10.0 Å². The van der Waals surface area contributed by atoms with Crippen LogP contribution in [0.3, 0.4) is 0 Å². The normalized spacial score (nSPS) is 18.9. The second-order valence-corrected chi connectivity index (χ2v) is 7.79. The van der Waals surface area contributed by atoms with E-state index in [1.807, 2.05) is 0 Å². The van der Waals surface area contributed by atoms with Crippen molar-refractivity contribution in [2.24, 2.45) is 17.8 Å². The van der Waals surface area contributed by atoms with Gasteiger partial charge in [0.1, 0.15) is 0 Å². The van der Waals surface area contributed by atoms with Crippen LogP contribution in [0.15, 0.2) is 29.2 Å². The van der Waals surface area contributed by atoms with Gasteiger partial charge >= 0.3 is 5.97 Å². The standard InChI is InChI=1S/C15H19NO4S/c17-15(18)12-5-7-13(8-6-12)21(19,20)16-9-14(10-1-2-10)11-3-4-11/h5-8,10-11,14,16H,1-4,9H2,(H,17,18). The molecule has 0 aromatic heterocycles. The number of rotatable bonds is 7. The van der Waals surface area contributed by atoms with Gasteiger partial charge in [-0.05, 0) is 67.7 Å². The summed E-state index contributed by atoms with van der Waals surface area (Å²) >= 11 is 0. The van der Waals surface area contributed by atoms with Gasteiger partial charge in [0, 0.05) is 6.54 Å². The zero-order chi connectivity index (χ0) is 15.0. The summed E-state index contributed by atoms with van der Waals surface area (Å²) in [6.45, 7) is 0.498. The summed E-state index contributed by atoms with van der Waals surface area (Å²) in [6, 6.07) is 5.32. The van der Waals surface area contributed by atoms with Crippen LogP contribution in [-0.4, -0.2) is 26.0 Å². The first-order chi connectivity index (χ1) is 9.97. The molecule has 1 aromatic carbocycles. The lowest BCUT2D eigenvalue weighted by Crippen LogP contribution is -2.31. The van der Waals surface area contributed by atoms with E-state index in [-0.39, 0.29) is 10.5 Å². The molecule has 114 valence electrons. The summed E-state index contributed by atoms with van der Waals surface area (Å²) in [4.78, 5) is 10.9. The fourth-order valence-corrected chi connectivity index (χ4v) is 3.91. The Morgan fingerprint density at radius 2 is 1.67 bits per heavy atom. The van der Waals surface area contributed by atoms with Crippen LogP contribution in [0.4, 0.5) is 0 Å². The molecule has 0 saturated heterocycles. The molecule has 0 bridgehead atoms. The highest BCUT2D eigenvalue weighted by Crippen LogP contribution is 2.48. The van der Waals surface area contributed by atoms with Crippen LogP contribution < -0.4 is 4.72 Å². The van der Waals surface area contributed by atoms with E-state index in [0.717, 1.165) is 0 Å². The third-order valence-corrected chi connectivity index (χ3v) is 5.82. The van der Waals surface area contributed by atoms with E-state index in [1.165, 1.54) is 49.9 Å². The van der Waals surface area contributed by atoms with Gasteiger partial charge in [-0.3, -0.25) is 0 Å². The van der Waals surface area contributed by atoms with Crippen LogP contribution in [0, 0.1) is 17.8 Å². The number of carboxylic acid groups (broad SMARTS) is 1. The van der Waals surface area contributed by atoms with Crippen molar-refractivity contribution in [1.82, 2.24) is 4.72 Å². The van der Waals surface area contributed by atoms with Crippen LogP contribution >= 0.6 is 0 Å². The Morgan fingerprint density at radius 3 is 2.10 bits per heavy atom. The molecule has 2 aliphatic rings. The van der Waals surface area contributed by atoms with Crippen molar-refractivity contribution in [3.63, 3.8) is 0 Å². The average molecular weight is 309 g/mol. The van der Waals surface area contributed by atoms with Gasteiger partial charge in [-0.1, -0.05) is 0 Å². The summed E-state index contributed by atoms with van der Waals surface area (Å²) in [5.41, 5.74) is 0.0859. The highest BCUT2D eigenvalue weighted by Gasteiger charge is 2.41. The molecule has 2 aliphatic carbocycles. The lowest BCUT2D eigenvalue weighted by molar-refractivity contribution is 0.0696. The molecule has 5 nitrogen and oxygen atoms in total. The summed E-state index contributed by atoms with van der Waals surface area (Å²) < 4.78 is 27.2. The van der Waals surface area contributed by atoms with E-state index >= 15 is 0 Å². The summed E-state index contributed by atoms with van der Waals surface area (Å²) in [6.07, 6.45) is 4.87. The Hall–Kier alpha value is -1.40. The number of hydrogen-bond acceptors (Lipinski definition) is 3. The number of hydrogen-bond donors (Lipinski definition) is 2. The molecule has 0 spiro atoms. The van der Waals surface area contributed by atoms with Gasteiger partial charge < -0.3 is 5.11 Å². The van der Waals surface area contributed by atoms with Crippen LogP contribution in [0.2, 0.25) is 0 Å². The second kappa shape index (κ2) is 5.42. The van der Waals surface area contributed by atoms with E-state index in [0.29, 0.717) is 24.3 Å². The Kier molecular flexibility index (Phi) is 3.75. The van der Waals surface area contributed by atoms with Crippen molar-refractivity contribution >= 4 is 16.0 Å². The van der Waals surface area contributed by atoms with Crippen molar-refractivity contribution in [3.05, 3.63) is 29.8 Å². The van der Waals surface area contributed by atoms with Crippen LogP contribution in [0.5, 0.6) is 0 Å². The molecule has 1 aromatic rings. The molecule has 2 fully saturated rings. The van der Waals surface area contributed by atoms with E-state index in [2.05, 4.69) is 4.72 Å². The minimum absolute atomic E-state index is 0.0859. The molecule has 0 unspecified atom stereocenters. The number of carbonyl (C=O) groups is 1. The monoisotopic (exact) mass is 309 g/mol. The lowest BCUT2D eigenvalue weighted by Gasteiger charge is -2.16. The van der Waals surface area contributed by atoms with Gasteiger partial charge in [-0.25, -0.2) is 17.9 Å².